The van der Waals surface area contributed by atoms with Gasteiger partial charge < -0.3 is 15.1 Å². The fourth-order valence-electron chi connectivity index (χ4n) is 3.38. The van der Waals surface area contributed by atoms with Crippen molar-refractivity contribution in [3.8, 4) is 0 Å². The maximum Gasteiger partial charge on any atom is 0.236 e. The smallest absolute Gasteiger partial charge is 0.236 e. The highest BCUT2D eigenvalue weighted by Crippen LogP contribution is 2.18. The molecule has 2 aliphatic rings. The molecule has 3 rings (SSSR count). The van der Waals surface area contributed by atoms with Gasteiger partial charge in [-0.3, -0.25) is 9.59 Å². The van der Waals surface area contributed by atoms with E-state index < -0.39 is 0 Å². The second kappa shape index (κ2) is 7.08. The summed E-state index contributed by atoms with van der Waals surface area (Å²) in [5, 5.41) is 3.07. The minimum absolute atomic E-state index is 0.00267. The van der Waals surface area contributed by atoms with Crippen LogP contribution in [0, 0.1) is 5.82 Å². The largest absolute Gasteiger partial charge is 0.340 e. The summed E-state index contributed by atoms with van der Waals surface area (Å²) >= 11 is 0. The van der Waals surface area contributed by atoms with E-state index in [2.05, 4.69) is 5.32 Å². The van der Waals surface area contributed by atoms with E-state index in [1.807, 2.05) is 9.80 Å². The molecule has 0 spiro atoms. The summed E-state index contributed by atoms with van der Waals surface area (Å²) in [7, 11) is 0. The Balaban J connectivity index is 1.61. The number of carbonyl (C=O) groups excluding carboxylic acids is 2. The molecule has 1 unspecified atom stereocenters. The van der Waals surface area contributed by atoms with Gasteiger partial charge in [0.1, 0.15) is 5.82 Å². The summed E-state index contributed by atoms with van der Waals surface area (Å²) in [6.07, 6.45) is 2.05. The summed E-state index contributed by atoms with van der Waals surface area (Å²) in [5.41, 5.74) is 0.690. The third kappa shape index (κ3) is 3.88. The number of halogens is 1. The first kappa shape index (κ1) is 15.9. The molecule has 0 radical (unpaired) electrons. The Kier molecular flexibility index (Phi) is 4.91. The first-order valence-corrected chi connectivity index (χ1v) is 8.16. The maximum absolute atomic E-state index is 13.2. The van der Waals surface area contributed by atoms with Crippen molar-refractivity contribution in [1.29, 1.82) is 0 Å². The summed E-state index contributed by atoms with van der Waals surface area (Å²) in [6, 6.07) is 6.27. The van der Waals surface area contributed by atoms with Gasteiger partial charge in [-0.2, -0.15) is 0 Å². The molecule has 0 saturated carbocycles. The highest BCUT2D eigenvalue weighted by atomic mass is 19.1. The summed E-state index contributed by atoms with van der Waals surface area (Å²) in [5.74, 6) is -0.207. The van der Waals surface area contributed by atoms with Gasteiger partial charge in [0.15, 0.2) is 0 Å². The van der Waals surface area contributed by atoms with Gasteiger partial charge in [-0.05, 0) is 30.5 Å². The van der Waals surface area contributed by atoms with Gasteiger partial charge in [0.25, 0.3) is 0 Å². The van der Waals surface area contributed by atoms with Crippen LogP contribution in [0.1, 0.15) is 18.4 Å². The number of piperidine rings is 1. The third-order valence-corrected chi connectivity index (χ3v) is 4.56. The number of amides is 2. The predicted molar refractivity (Wildman–Crippen MR) is 84.3 cm³/mol. The molecule has 0 bridgehead atoms. The van der Waals surface area contributed by atoms with Crippen LogP contribution in [-0.2, 0) is 16.0 Å². The molecule has 5 nitrogen and oxygen atoms in total. The lowest BCUT2D eigenvalue weighted by molar-refractivity contribution is -0.140. The molecule has 1 N–H and O–H groups in total. The third-order valence-electron chi connectivity index (χ3n) is 4.56. The number of rotatable bonds is 3. The van der Waals surface area contributed by atoms with Crippen LogP contribution in [0.15, 0.2) is 24.3 Å². The van der Waals surface area contributed by atoms with E-state index in [4.69, 9.17) is 0 Å². The van der Waals surface area contributed by atoms with Crippen molar-refractivity contribution in [2.45, 2.75) is 25.3 Å². The fourth-order valence-corrected chi connectivity index (χ4v) is 3.38. The number of nitrogens with zero attached hydrogens (tertiary/aromatic N) is 2. The van der Waals surface area contributed by atoms with E-state index in [1.165, 1.54) is 12.1 Å². The number of nitrogens with one attached hydrogen (secondary N) is 1. The monoisotopic (exact) mass is 319 g/mol. The van der Waals surface area contributed by atoms with E-state index >= 15 is 0 Å². The van der Waals surface area contributed by atoms with Crippen LogP contribution in [0.5, 0.6) is 0 Å². The molecule has 0 aromatic heterocycles. The molecule has 2 fully saturated rings. The lowest BCUT2D eigenvalue weighted by Crippen LogP contribution is -2.57. The van der Waals surface area contributed by atoms with Crippen LogP contribution in [-0.4, -0.2) is 60.4 Å². The van der Waals surface area contributed by atoms with Crippen molar-refractivity contribution in [2.75, 3.05) is 32.7 Å². The molecule has 23 heavy (non-hydrogen) atoms. The molecular weight excluding hydrogens is 297 g/mol. The van der Waals surface area contributed by atoms with Gasteiger partial charge in [-0.25, -0.2) is 4.39 Å². The average Bonchev–Trinajstić information content (AvgIpc) is 2.55. The van der Waals surface area contributed by atoms with Crippen molar-refractivity contribution < 1.29 is 14.0 Å². The Morgan fingerprint density at radius 1 is 1.35 bits per heavy atom. The van der Waals surface area contributed by atoms with Gasteiger partial charge in [-0.15, -0.1) is 0 Å². The average molecular weight is 319 g/mol. The van der Waals surface area contributed by atoms with Gasteiger partial charge in [0.05, 0.1) is 13.0 Å². The predicted octanol–water partition coefficient (Wildman–Crippen LogP) is 0.791. The number of piperazine rings is 1. The van der Waals surface area contributed by atoms with Crippen molar-refractivity contribution in [1.82, 2.24) is 15.1 Å². The lowest BCUT2D eigenvalue weighted by atomic mass is 10.0. The normalized spacial score (nSPS) is 22.3. The van der Waals surface area contributed by atoms with Gasteiger partial charge in [0.2, 0.25) is 11.8 Å². The fraction of sp³-hybridized carbons (Fsp3) is 0.529. The second-order valence-electron chi connectivity index (χ2n) is 6.21. The molecule has 0 aliphatic carbocycles. The Morgan fingerprint density at radius 3 is 3.00 bits per heavy atom. The Morgan fingerprint density at radius 2 is 2.22 bits per heavy atom. The van der Waals surface area contributed by atoms with Crippen LogP contribution >= 0.6 is 0 Å². The minimum atomic E-state index is -0.321. The molecule has 2 saturated heterocycles. The topological polar surface area (TPSA) is 52.7 Å². The van der Waals surface area contributed by atoms with Crippen molar-refractivity contribution in [3.63, 3.8) is 0 Å². The zero-order valence-corrected chi connectivity index (χ0v) is 13.1. The molecule has 1 aromatic rings. The number of carbonyl (C=O) groups is 2. The SMILES string of the molecule is O=C(Cc1cccc(F)c1)N1CCCC(N2CCNCC2=O)C1. The first-order valence-electron chi connectivity index (χ1n) is 8.16. The van der Waals surface area contributed by atoms with Crippen LogP contribution < -0.4 is 5.32 Å². The Labute approximate surface area is 135 Å². The maximum atomic E-state index is 13.2. The first-order chi connectivity index (χ1) is 11.1. The van der Waals surface area contributed by atoms with Crippen LogP contribution in [0.25, 0.3) is 0 Å². The van der Waals surface area contributed by atoms with Crippen LogP contribution in [0.4, 0.5) is 4.39 Å². The number of hydrogen-bond acceptors (Lipinski definition) is 3. The van der Waals surface area contributed by atoms with Gasteiger partial charge in [0, 0.05) is 32.2 Å². The zero-order chi connectivity index (χ0) is 16.2. The highest BCUT2D eigenvalue weighted by Gasteiger charge is 2.31. The Hall–Kier alpha value is -1.95. The second-order valence-corrected chi connectivity index (χ2v) is 6.21. The van der Waals surface area contributed by atoms with Gasteiger partial charge >= 0.3 is 0 Å². The number of likely N-dealkylation sites (tertiary alicyclic amines) is 1. The quantitative estimate of drug-likeness (QED) is 0.896. The summed E-state index contributed by atoms with van der Waals surface area (Å²) in [6.45, 7) is 3.19. The van der Waals surface area contributed by atoms with Crippen molar-refractivity contribution in [3.05, 3.63) is 35.6 Å². The highest BCUT2D eigenvalue weighted by molar-refractivity contribution is 5.80. The number of hydrogen-bond donors (Lipinski definition) is 1. The van der Waals surface area contributed by atoms with Crippen molar-refractivity contribution >= 4 is 11.8 Å². The molecule has 2 heterocycles. The Bertz CT molecular complexity index is 593. The van der Waals surface area contributed by atoms with E-state index in [1.54, 1.807) is 12.1 Å². The summed E-state index contributed by atoms with van der Waals surface area (Å²) in [4.78, 5) is 28.2. The molecule has 124 valence electrons. The molecule has 1 aromatic carbocycles. The summed E-state index contributed by atoms with van der Waals surface area (Å²) < 4.78 is 13.2. The standard InChI is InChI=1S/C17H22FN3O2/c18-14-4-1-3-13(9-14)10-16(22)20-7-2-5-15(12-20)21-8-6-19-11-17(21)23/h1,3-4,9,15,19H,2,5-8,10-12H2. The minimum Gasteiger partial charge on any atom is -0.340 e. The molecule has 2 amide bonds. The molecular formula is C17H22FN3O2. The zero-order valence-electron chi connectivity index (χ0n) is 13.1. The van der Waals surface area contributed by atoms with Crippen LogP contribution in [0.2, 0.25) is 0 Å². The van der Waals surface area contributed by atoms with Crippen molar-refractivity contribution in [2.24, 2.45) is 0 Å². The van der Waals surface area contributed by atoms with Crippen LogP contribution in [0.3, 0.4) is 0 Å². The van der Waals surface area contributed by atoms with E-state index in [0.717, 1.165) is 19.4 Å². The van der Waals surface area contributed by atoms with E-state index in [0.29, 0.717) is 31.7 Å². The lowest BCUT2D eigenvalue weighted by Gasteiger charge is -2.41. The van der Waals surface area contributed by atoms with E-state index in [9.17, 15) is 14.0 Å². The van der Waals surface area contributed by atoms with Gasteiger partial charge in [-0.1, -0.05) is 12.1 Å². The molecule has 2 aliphatic heterocycles. The molecule has 1 atom stereocenters. The number of benzene rings is 1. The van der Waals surface area contributed by atoms with E-state index in [-0.39, 0.29) is 30.1 Å². The molecule has 6 heteroatoms.